The number of carbonyl (C=O) groups excluding carboxylic acids is 1. The Kier molecular flexibility index (Phi) is 5.65. The van der Waals surface area contributed by atoms with Crippen LogP contribution in [-0.4, -0.2) is 41.9 Å². The minimum Gasteiger partial charge on any atom is -0.444 e. The molecule has 0 aromatic rings. The van der Waals surface area contributed by atoms with Crippen molar-refractivity contribution in [2.45, 2.75) is 71.5 Å². The van der Waals surface area contributed by atoms with E-state index in [-0.39, 0.29) is 11.7 Å². The van der Waals surface area contributed by atoms with Gasteiger partial charge in [-0.15, -0.1) is 0 Å². The van der Waals surface area contributed by atoms with Crippen molar-refractivity contribution < 1.29 is 14.3 Å². The molecule has 1 aliphatic rings. The topological polar surface area (TPSA) is 38.8 Å². The number of piperidine rings is 1. The van der Waals surface area contributed by atoms with Crippen molar-refractivity contribution in [3.63, 3.8) is 0 Å². The Hall–Kier alpha value is -0.770. The van der Waals surface area contributed by atoms with Crippen molar-refractivity contribution in [2.75, 3.05) is 19.7 Å². The van der Waals surface area contributed by atoms with E-state index < -0.39 is 5.60 Å². The summed E-state index contributed by atoms with van der Waals surface area (Å²) in [7, 11) is 0. The van der Waals surface area contributed by atoms with Gasteiger partial charge in [0.25, 0.3) is 0 Å². The van der Waals surface area contributed by atoms with Crippen molar-refractivity contribution in [2.24, 2.45) is 0 Å². The molecule has 4 nitrogen and oxygen atoms in total. The highest BCUT2D eigenvalue weighted by molar-refractivity contribution is 5.68. The van der Waals surface area contributed by atoms with Gasteiger partial charge in [-0.1, -0.05) is 13.3 Å². The van der Waals surface area contributed by atoms with Gasteiger partial charge in [0.05, 0.1) is 5.60 Å². The van der Waals surface area contributed by atoms with Crippen molar-refractivity contribution >= 4 is 6.09 Å². The second kappa shape index (κ2) is 6.60. The lowest BCUT2D eigenvalue weighted by Gasteiger charge is -2.39. The lowest BCUT2D eigenvalue weighted by Crippen LogP contribution is -2.48. The first-order chi connectivity index (χ1) is 8.76. The Morgan fingerprint density at radius 3 is 2.32 bits per heavy atom. The molecular weight excluding hydrogens is 242 g/mol. The first kappa shape index (κ1) is 16.3. The van der Waals surface area contributed by atoms with Gasteiger partial charge in [-0.2, -0.15) is 0 Å². The van der Waals surface area contributed by atoms with Crippen LogP contribution in [0.1, 0.15) is 60.3 Å². The van der Waals surface area contributed by atoms with Crippen molar-refractivity contribution in [1.82, 2.24) is 4.90 Å². The minimum absolute atomic E-state index is 0.0757. The number of carbonyl (C=O) groups is 1. The van der Waals surface area contributed by atoms with Crippen molar-refractivity contribution in [3.05, 3.63) is 0 Å². The van der Waals surface area contributed by atoms with Crippen LogP contribution in [0.15, 0.2) is 0 Å². The highest BCUT2D eigenvalue weighted by Gasteiger charge is 2.34. The van der Waals surface area contributed by atoms with Crippen LogP contribution in [-0.2, 0) is 9.47 Å². The van der Waals surface area contributed by atoms with Crippen LogP contribution in [0.4, 0.5) is 4.79 Å². The monoisotopic (exact) mass is 271 g/mol. The Morgan fingerprint density at radius 2 is 1.84 bits per heavy atom. The van der Waals surface area contributed by atoms with Crippen LogP contribution in [0.25, 0.3) is 0 Å². The molecule has 0 bridgehead atoms. The van der Waals surface area contributed by atoms with Crippen LogP contribution in [0.3, 0.4) is 0 Å². The maximum absolute atomic E-state index is 11.9. The molecule has 0 spiro atoms. The van der Waals surface area contributed by atoms with E-state index in [0.29, 0.717) is 0 Å². The molecule has 0 aromatic carbocycles. The van der Waals surface area contributed by atoms with Crippen LogP contribution < -0.4 is 0 Å². The highest BCUT2D eigenvalue weighted by Crippen LogP contribution is 2.27. The summed E-state index contributed by atoms with van der Waals surface area (Å²) < 4.78 is 11.4. The zero-order valence-corrected chi connectivity index (χ0v) is 13.1. The third-order valence-electron chi connectivity index (χ3n) is 3.42. The molecule has 1 amide bonds. The smallest absolute Gasteiger partial charge is 0.410 e. The number of ether oxygens (including phenoxy) is 2. The highest BCUT2D eigenvalue weighted by atomic mass is 16.6. The molecule has 112 valence electrons. The molecule has 1 rings (SSSR count). The molecule has 1 aliphatic heterocycles. The number of likely N-dealkylation sites (tertiary alicyclic amines) is 1. The van der Waals surface area contributed by atoms with E-state index in [2.05, 4.69) is 13.8 Å². The molecule has 1 saturated heterocycles. The van der Waals surface area contributed by atoms with E-state index in [9.17, 15) is 4.79 Å². The standard InChI is InChI=1S/C15H29NO3/c1-6-7-12-18-15(5)8-10-16(11-9-15)13(17)19-14(2,3)4/h6-12H2,1-5H3. The second-order valence-electron chi connectivity index (χ2n) is 6.62. The Balaban J connectivity index is 2.37. The number of unbranched alkanes of at least 4 members (excludes halogenated alkanes) is 1. The van der Waals surface area contributed by atoms with Crippen LogP contribution in [0.5, 0.6) is 0 Å². The lowest BCUT2D eigenvalue weighted by atomic mass is 9.93. The van der Waals surface area contributed by atoms with E-state index in [1.165, 1.54) is 0 Å². The number of nitrogens with zero attached hydrogens (tertiary/aromatic N) is 1. The zero-order valence-electron chi connectivity index (χ0n) is 13.1. The number of hydrogen-bond acceptors (Lipinski definition) is 3. The van der Waals surface area contributed by atoms with Gasteiger partial charge in [0, 0.05) is 19.7 Å². The SMILES string of the molecule is CCCCOC1(C)CCN(C(=O)OC(C)(C)C)CC1. The first-order valence-corrected chi connectivity index (χ1v) is 7.38. The van der Waals surface area contributed by atoms with E-state index in [4.69, 9.17) is 9.47 Å². The molecule has 0 radical (unpaired) electrons. The van der Waals surface area contributed by atoms with Gasteiger partial charge >= 0.3 is 6.09 Å². The summed E-state index contributed by atoms with van der Waals surface area (Å²) in [6.45, 7) is 12.3. The van der Waals surface area contributed by atoms with Crippen LogP contribution >= 0.6 is 0 Å². The Labute approximate surface area is 117 Å². The molecule has 1 heterocycles. The molecule has 0 aromatic heterocycles. The van der Waals surface area contributed by atoms with Gasteiger partial charge < -0.3 is 14.4 Å². The summed E-state index contributed by atoms with van der Waals surface area (Å²) in [6.07, 6.45) is 3.82. The molecule has 0 atom stereocenters. The molecule has 0 unspecified atom stereocenters. The second-order valence-corrected chi connectivity index (χ2v) is 6.62. The lowest BCUT2D eigenvalue weighted by molar-refractivity contribution is -0.0731. The zero-order chi connectivity index (χ0) is 14.5. The first-order valence-electron chi connectivity index (χ1n) is 7.38. The number of rotatable bonds is 4. The summed E-state index contributed by atoms with van der Waals surface area (Å²) >= 11 is 0. The van der Waals surface area contributed by atoms with Crippen molar-refractivity contribution in [3.8, 4) is 0 Å². The third-order valence-corrected chi connectivity index (χ3v) is 3.42. The average molecular weight is 271 g/mol. The van der Waals surface area contributed by atoms with E-state index >= 15 is 0 Å². The molecule has 0 saturated carbocycles. The van der Waals surface area contributed by atoms with Gasteiger partial charge in [0.1, 0.15) is 5.60 Å². The van der Waals surface area contributed by atoms with Gasteiger partial charge in [0.15, 0.2) is 0 Å². The molecular formula is C15H29NO3. The quantitative estimate of drug-likeness (QED) is 0.733. The molecule has 4 heteroatoms. The Bertz CT molecular complexity index is 288. The number of hydrogen-bond donors (Lipinski definition) is 0. The molecule has 0 N–H and O–H groups in total. The molecule has 0 aliphatic carbocycles. The fourth-order valence-corrected chi connectivity index (χ4v) is 2.10. The van der Waals surface area contributed by atoms with Gasteiger partial charge in [-0.3, -0.25) is 0 Å². The molecule has 1 fully saturated rings. The maximum Gasteiger partial charge on any atom is 0.410 e. The predicted octanol–water partition coefficient (Wildman–Crippen LogP) is 3.59. The summed E-state index contributed by atoms with van der Waals surface area (Å²) in [4.78, 5) is 13.7. The largest absolute Gasteiger partial charge is 0.444 e. The minimum atomic E-state index is -0.421. The van der Waals surface area contributed by atoms with Crippen LogP contribution in [0.2, 0.25) is 0 Å². The summed E-state index contributed by atoms with van der Waals surface area (Å²) in [6, 6.07) is 0. The number of amides is 1. The third kappa shape index (κ3) is 5.81. The fourth-order valence-electron chi connectivity index (χ4n) is 2.10. The molecule has 19 heavy (non-hydrogen) atoms. The van der Waals surface area contributed by atoms with Gasteiger partial charge in [-0.25, -0.2) is 4.79 Å². The van der Waals surface area contributed by atoms with Crippen LogP contribution in [0, 0.1) is 0 Å². The van der Waals surface area contributed by atoms with E-state index in [0.717, 1.165) is 45.4 Å². The summed E-state index contributed by atoms with van der Waals surface area (Å²) in [5, 5.41) is 0. The summed E-state index contributed by atoms with van der Waals surface area (Å²) in [5.74, 6) is 0. The predicted molar refractivity (Wildman–Crippen MR) is 76.3 cm³/mol. The van der Waals surface area contributed by atoms with Gasteiger partial charge in [-0.05, 0) is 47.0 Å². The normalized spacial score (nSPS) is 19.3. The maximum atomic E-state index is 11.9. The van der Waals surface area contributed by atoms with Crippen molar-refractivity contribution in [1.29, 1.82) is 0 Å². The van der Waals surface area contributed by atoms with E-state index in [1.54, 1.807) is 4.90 Å². The average Bonchev–Trinajstić information content (AvgIpc) is 2.27. The summed E-state index contributed by atoms with van der Waals surface area (Å²) in [5.41, 5.74) is -0.497. The van der Waals surface area contributed by atoms with E-state index in [1.807, 2.05) is 20.8 Å². The van der Waals surface area contributed by atoms with Gasteiger partial charge in [0.2, 0.25) is 0 Å². The fraction of sp³-hybridized carbons (Fsp3) is 0.933. The Morgan fingerprint density at radius 1 is 1.26 bits per heavy atom.